The van der Waals surface area contributed by atoms with Gasteiger partial charge in [-0.2, -0.15) is 10.2 Å². The van der Waals surface area contributed by atoms with Crippen molar-refractivity contribution in [2.75, 3.05) is 0 Å². The van der Waals surface area contributed by atoms with Gasteiger partial charge in [-0.25, -0.2) is 9.07 Å². The van der Waals surface area contributed by atoms with E-state index < -0.39 is 0 Å². The quantitative estimate of drug-likeness (QED) is 0.744. The molecule has 3 aromatic rings. The molecule has 0 fully saturated rings. The fraction of sp³-hybridized carbons (Fsp3) is 0.350. The van der Waals surface area contributed by atoms with Gasteiger partial charge in [-0.15, -0.1) is 0 Å². The number of aryl methyl sites for hydroxylation is 1. The van der Waals surface area contributed by atoms with Crippen molar-refractivity contribution < 1.29 is 9.18 Å². The predicted molar refractivity (Wildman–Crippen MR) is 99.2 cm³/mol. The van der Waals surface area contributed by atoms with E-state index in [-0.39, 0.29) is 23.2 Å². The Balaban J connectivity index is 1.68. The molecule has 2 aromatic heterocycles. The first kappa shape index (κ1) is 17.5. The number of halogens is 1. The maximum atomic E-state index is 13.3. The molecule has 0 bridgehead atoms. The molecular formula is C20H22FN5O. The highest BCUT2D eigenvalue weighted by Gasteiger charge is 2.36. The van der Waals surface area contributed by atoms with Gasteiger partial charge in [0.2, 0.25) is 0 Å². The van der Waals surface area contributed by atoms with Gasteiger partial charge in [0.05, 0.1) is 23.6 Å². The zero-order chi connectivity index (χ0) is 19.2. The topological polar surface area (TPSA) is 75.6 Å². The minimum absolute atomic E-state index is 0.00967. The van der Waals surface area contributed by atoms with Crippen LogP contribution in [0.4, 0.5) is 4.39 Å². The molecule has 0 spiro atoms. The number of H-pyrrole nitrogens is 1. The third-order valence-corrected chi connectivity index (χ3v) is 4.99. The van der Waals surface area contributed by atoms with E-state index in [2.05, 4.69) is 34.5 Å². The lowest BCUT2D eigenvalue weighted by atomic mass is 9.74. The number of hydrogen-bond donors (Lipinski definition) is 2. The second-order valence-electron chi connectivity index (χ2n) is 7.94. The number of nitrogens with one attached hydrogen (secondary N) is 2. The summed E-state index contributed by atoms with van der Waals surface area (Å²) in [5.74, 6) is -0.484. The molecule has 2 N–H and O–H groups in total. The zero-order valence-corrected chi connectivity index (χ0v) is 15.6. The van der Waals surface area contributed by atoms with Crippen molar-refractivity contribution in [3.63, 3.8) is 0 Å². The van der Waals surface area contributed by atoms with E-state index in [0.717, 1.165) is 35.5 Å². The van der Waals surface area contributed by atoms with Gasteiger partial charge >= 0.3 is 0 Å². The highest BCUT2D eigenvalue weighted by Crippen LogP contribution is 2.41. The Hall–Kier alpha value is -2.96. The van der Waals surface area contributed by atoms with Gasteiger partial charge in [0.25, 0.3) is 5.91 Å². The van der Waals surface area contributed by atoms with Gasteiger partial charge in [0.1, 0.15) is 11.5 Å². The van der Waals surface area contributed by atoms with Crippen LogP contribution in [0.3, 0.4) is 0 Å². The second-order valence-corrected chi connectivity index (χ2v) is 7.94. The molecule has 140 valence electrons. The summed E-state index contributed by atoms with van der Waals surface area (Å²) in [6.07, 6.45) is 3.44. The van der Waals surface area contributed by atoms with Crippen LogP contribution in [0.15, 0.2) is 36.5 Å². The summed E-state index contributed by atoms with van der Waals surface area (Å²) in [6, 6.07) is 7.86. The zero-order valence-electron chi connectivity index (χ0n) is 15.6. The van der Waals surface area contributed by atoms with Crippen LogP contribution >= 0.6 is 0 Å². The lowest BCUT2D eigenvalue weighted by molar-refractivity contribution is 0.0914. The Morgan fingerprint density at radius 1 is 1.33 bits per heavy atom. The van der Waals surface area contributed by atoms with Gasteiger partial charge in [0, 0.05) is 11.3 Å². The van der Waals surface area contributed by atoms with Crippen molar-refractivity contribution in [1.82, 2.24) is 25.3 Å². The number of carbonyl (C=O) groups excluding carboxylic acids is 1. The van der Waals surface area contributed by atoms with Gasteiger partial charge in [-0.3, -0.25) is 9.89 Å². The maximum Gasteiger partial charge on any atom is 0.272 e. The van der Waals surface area contributed by atoms with Crippen molar-refractivity contribution in [3.05, 3.63) is 65.0 Å². The number of fused-ring (bicyclic) bond motifs is 1. The van der Waals surface area contributed by atoms with Gasteiger partial charge in [-0.1, -0.05) is 13.8 Å². The van der Waals surface area contributed by atoms with Crippen molar-refractivity contribution in [1.29, 1.82) is 0 Å². The van der Waals surface area contributed by atoms with Crippen molar-refractivity contribution in [2.45, 2.75) is 39.7 Å². The maximum absolute atomic E-state index is 13.3. The number of aromatic amines is 1. The van der Waals surface area contributed by atoms with E-state index in [9.17, 15) is 9.18 Å². The van der Waals surface area contributed by atoms with Crippen LogP contribution in [-0.4, -0.2) is 25.9 Å². The van der Waals surface area contributed by atoms with Crippen molar-refractivity contribution in [2.24, 2.45) is 5.41 Å². The van der Waals surface area contributed by atoms with Gasteiger partial charge < -0.3 is 5.32 Å². The Kier molecular flexibility index (Phi) is 4.09. The Morgan fingerprint density at radius 3 is 2.74 bits per heavy atom. The van der Waals surface area contributed by atoms with Crippen molar-refractivity contribution in [3.8, 4) is 5.69 Å². The molecule has 6 nitrogen and oxygen atoms in total. The largest absolute Gasteiger partial charge is 0.344 e. The standard InChI is InChI=1S/C20H22FN5O/c1-12-8-16(25-24-12)19(27)23-17-9-20(2,3)10-18-15(17)11-22-26(18)14-6-4-13(21)5-7-14/h4-8,11,17H,9-10H2,1-3H3,(H,23,27)(H,24,25)/t17-/m1/s1. The third-order valence-electron chi connectivity index (χ3n) is 4.99. The summed E-state index contributed by atoms with van der Waals surface area (Å²) in [4.78, 5) is 12.6. The van der Waals surface area contributed by atoms with E-state index in [1.807, 2.05) is 11.6 Å². The van der Waals surface area contributed by atoms with Crippen LogP contribution in [0.5, 0.6) is 0 Å². The number of rotatable bonds is 3. The summed E-state index contributed by atoms with van der Waals surface area (Å²) in [6.45, 7) is 6.21. The minimum atomic E-state index is -0.278. The molecule has 1 amide bonds. The first-order valence-corrected chi connectivity index (χ1v) is 8.98. The number of hydrogen-bond acceptors (Lipinski definition) is 3. The SMILES string of the molecule is Cc1cc(C(=O)N[C@@H]2CC(C)(C)Cc3c2cnn3-c2ccc(F)cc2)n[nH]1. The Bertz CT molecular complexity index is 986. The molecule has 1 aliphatic rings. The normalized spacial score (nSPS) is 18.1. The summed E-state index contributed by atoms with van der Waals surface area (Å²) < 4.78 is 15.1. The summed E-state index contributed by atoms with van der Waals surface area (Å²) >= 11 is 0. The van der Waals surface area contributed by atoms with Gasteiger partial charge in [-0.05, 0) is 55.5 Å². The fourth-order valence-electron chi connectivity index (χ4n) is 3.74. The van der Waals surface area contributed by atoms with E-state index in [4.69, 9.17) is 0 Å². The van der Waals surface area contributed by atoms with E-state index in [1.165, 1.54) is 12.1 Å². The van der Waals surface area contributed by atoms with E-state index in [0.29, 0.717) is 5.69 Å². The molecule has 2 heterocycles. The molecule has 0 saturated heterocycles. The Labute approximate surface area is 156 Å². The summed E-state index contributed by atoms with van der Waals surface area (Å²) in [5, 5.41) is 14.5. The molecular weight excluding hydrogens is 345 g/mol. The lowest BCUT2D eigenvalue weighted by Gasteiger charge is -2.35. The number of amides is 1. The van der Waals surface area contributed by atoms with Crippen LogP contribution in [0.2, 0.25) is 0 Å². The molecule has 27 heavy (non-hydrogen) atoms. The molecule has 1 aromatic carbocycles. The minimum Gasteiger partial charge on any atom is -0.344 e. The van der Waals surface area contributed by atoms with Crippen LogP contribution < -0.4 is 5.32 Å². The highest BCUT2D eigenvalue weighted by atomic mass is 19.1. The first-order valence-electron chi connectivity index (χ1n) is 8.98. The molecule has 0 aliphatic heterocycles. The van der Waals surface area contributed by atoms with Crippen molar-refractivity contribution >= 4 is 5.91 Å². The molecule has 4 rings (SSSR count). The molecule has 0 unspecified atom stereocenters. The summed E-state index contributed by atoms with van der Waals surface area (Å²) in [7, 11) is 0. The van der Waals surface area contributed by atoms with Crippen LogP contribution in [0.25, 0.3) is 5.69 Å². The predicted octanol–water partition coefficient (Wildman–Crippen LogP) is 3.49. The number of carbonyl (C=O) groups is 1. The Morgan fingerprint density at radius 2 is 2.07 bits per heavy atom. The molecule has 7 heteroatoms. The fourth-order valence-corrected chi connectivity index (χ4v) is 3.74. The number of nitrogens with zero attached hydrogens (tertiary/aromatic N) is 3. The van der Waals surface area contributed by atoms with Gasteiger partial charge in [0.15, 0.2) is 0 Å². The van der Waals surface area contributed by atoms with Crippen LogP contribution in [-0.2, 0) is 6.42 Å². The molecule has 0 saturated carbocycles. The monoisotopic (exact) mass is 367 g/mol. The van der Waals surface area contributed by atoms with Crippen LogP contribution in [0.1, 0.15) is 53.7 Å². The highest BCUT2D eigenvalue weighted by molar-refractivity contribution is 5.92. The first-order chi connectivity index (χ1) is 12.8. The number of aromatic nitrogens is 4. The van der Waals surface area contributed by atoms with E-state index >= 15 is 0 Å². The average Bonchev–Trinajstić information content (AvgIpc) is 3.21. The molecule has 1 atom stereocenters. The average molecular weight is 367 g/mol. The second kappa shape index (κ2) is 6.33. The lowest BCUT2D eigenvalue weighted by Crippen LogP contribution is -2.37. The smallest absolute Gasteiger partial charge is 0.272 e. The third kappa shape index (κ3) is 3.37. The van der Waals surface area contributed by atoms with E-state index in [1.54, 1.807) is 24.4 Å². The number of benzene rings is 1. The van der Waals surface area contributed by atoms with Crippen LogP contribution in [0, 0.1) is 18.2 Å². The molecule has 1 aliphatic carbocycles. The molecule has 0 radical (unpaired) electrons. The summed E-state index contributed by atoms with van der Waals surface area (Å²) in [5.41, 5.74) is 4.06.